The number of methoxy groups -OCH3 is 1. The third-order valence-electron chi connectivity index (χ3n) is 2.46. The molecule has 1 heterocycles. The molecular weight excluding hydrogens is 242 g/mol. The van der Waals surface area contributed by atoms with Gasteiger partial charge >= 0.3 is 0 Å². The monoisotopic (exact) mass is 259 g/mol. The highest BCUT2D eigenvalue weighted by Gasteiger charge is 2.08. The first-order chi connectivity index (χ1) is 9.33. The molecule has 0 bridgehead atoms. The van der Waals surface area contributed by atoms with Gasteiger partial charge in [-0.25, -0.2) is 4.98 Å². The topological polar surface area (TPSA) is 40.6 Å². The summed E-state index contributed by atoms with van der Waals surface area (Å²) in [6.07, 6.45) is 2.62. The van der Waals surface area contributed by atoms with Crippen molar-refractivity contribution in [2.45, 2.75) is 13.3 Å². The normalized spacial score (nSPS) is 10.0. The number of hydrogen-bond acceptors (Lipinski definition) is 4. The first-order valence-corrected chi connectivity index (χ1v) is 6.23. The molecule has 0 atom stereocenters. The van der Waals surface area contributed by atoms with Crippen LogP contribution in [-0.2, 0) is 0 Å². The van der Waals surface area contributed by atoms with E-state index in [9.17, 15) is 0 Å². The van der Waals surface area contributed by atoms with Crippen LogP contribution in [0.25, 0.3) is 0 Å². The number of hydrogen-bond donors (Lipinski definition) is 0. The number of nitrogens with zero attached hydrogens (tertiary/aromatic N) is 1. The van der Waals surface area contributed by atoms with E-state index >= 15 is 0 Å². The lowest BCUT2D eigenvalue weighted by molar-refractivity contribution is 0.299. The predicted molar refractivity (Wildman–Crippen MR) is 73.1 cm³/mol. The van der Waals surface area contributed by atoms with E-state index in [1.54, 1.807) is 25.4 Å². The van der Waals surface area contributed by atoms with Crippen LogP contribution in [0.15, 0.2) is 42.6 Å². The first-order valence-electron chi connectivity index (χ1n) is 6.23. The Morgan fingerprint density at radius 3 is 2.68 bits per heavy atom. The molecule has 0 unspecified atom stereocenters. The maximum absolute atomic E-state index is 5.73. The molecule has 2 aromatic rings. The second kappa shape index (κ2) is 6.64. The Kier molecular flexibility index (Phi) is 4.61. The van der Waals surface area contributed by atoms with Gasteiger partial charge in [-0.1, -0.05) is 13.0 Å². The highest BCUT2D eigenvalue weighted by molar-refractivity contribution is 5.47. The van der Waals surface area contributed by atoms with E-state index in [0.717, 1.165) is 12.2 Å². The molecule has 0 fully saturated rings. The van der Waals surface area contributed by atoms with E-state index in [0.29, 0.717) is 24.0 Å². The van der Waals surface area contributed by atoms with Crippen molar-refractivity contribution >= 4 is 0 Å². The van der Waals surface area contributed by atoms with Crippen LogP contribution in [0.3, 0.4) is 0 Å². The van der Waals surface area contributed by atoms with Crippen LogP contribution < -0.4 is 14.2 Å². The van der Waals surface area contributed by atoms with Crippen molar-refractivity contribution in [2.75, 3.05) is 13.7 Å². The Morgan fingerprint density at radius 2 is 2.00 bits per heavy atom. The number of rotatable bonds is 6. The summed E-state index contributed by atoms with van der Waals surface area (Å²) in [5.41, 5.74) is 0. The highest BCUT2D eigenvalue weighted by Crippen LogP contribution is 2.34. The fourth-order valence-electron chi connectivity index (χ4n) is 1.55. The molecule has 4 nitrogen and oxygen atoms in total. The van der Waals surface area contributed by atoms with E-state index in [2.05, 4.69) is 11.9 Å². The summed E-state index contributed by atoms with van der Waals surface area (Å²) in [6, 6.07) is 11.0. The van der Waals surface area contributed by atoms with Crippen molar-refractivity contribution in [1.82, 2.24) is 4.98 Å². The molecule has 4 heteroatoms. The molecule has 1 aromatic carbocycles. The lowest BCUT2D eigenvalue weighted by atomic mass is 10.3. The zero-order valence-corrected chi connectivity index (χ0v) is 11.1. The Morgan fingerprint density at radius 1 is 1.11 bits per heavy atom. The molecule has 0 aliphatic carbocycles. The second-order valence-electron chi connectivity index (χ2n) is 3.93. The van der Waals surface area contributed by atoms with E-state index in [1.165, 1.54) is 0 Å². The molecule has 0 radical (unpaired) electrons. The molecule has 100 valence electrons. The molecule has 1 aromatic heterocycles. The van der Waals surface area contributed by atoms with Crippen molar-refractivity contribution in [3.63, 3.8) is 0 Å². The number of aromatic nitrogens is 1. The number of ether oxygens (including phenoxy) is 3. The van der Waals surface area contributed by atoms with Gasteiger partial charge in [-0.3, -0.25) is 0 Å². The summed E-state index contributed by atoms with van der Waals surface area (Å²) in [6.45, 7) is 2.70. The van der Waals surface area contributed by atoms with Crippen LogP contribution in [0, 0.1) is 0 Å². The van der Waals surface area contributed by atoms with Crippen molar-refractivity contribution in [3.8, 4) is 23.1 Å². The average molecular weight is 259 g/mol. The molecular formula is C15H17NO3. The van der Waals surface area contributed by atoms with Crippen LogP contribution in [0.5, 0.6) is 23.1 Å². The molecule has 19 heavy (non-hydrogen) atoms. The Hall–Kier alpha value is -2.23. The second-order valence-corrected chi connectivity index (χ2v) is 3.93. The number of pyridine rings is 1. The Labute approximate surface area is 113 Å². The van der Waals surface area contributed by atoms with Gasteiger partial charge in [-0.05, 0) is 24.6 Å². The summed E-state index contributed by atoms with van der Waals surface area (Å²) in [4.78, 5) is 4.13. The van der Waals surface area contributed by atoms with Crippen LogP contribution in [0.2, 0.25) is 0 Å². The van der Waals surface area contributed by atoms with E-state index in [-0.39, 0.29) is 0 Å². The fraction of sp³-hybridized carbons (Fsp3) is 0.267. The minimum absolute atomic E-state index is 0.525. The van der Waals surface area contributed by atoms with Crippen LogP contribution >= 0.6 is 0 Å². The maximum Gasteiger partial charge on any atom is 0.219 e. The molecule has 0 N–H and O–H groups in total. The van der Waals surface area contributed by atoms with Gasteiger partial charge in [0.15, 0.2) is 11.5 Å². The lowest BCUT2D eigenvalue weighted by Gasteiger charge is -2.12. The molecule has 0 saturated heterocycles. The maximum atomic E-state index is 5.73. The Balaban J connectivity index is 2.24. The third kappa shape index (κ3) is 3.61. The molecule has 0 amide bonds. The minimum atomic E-state index is 0.525. The van der Waals surface area contributed by atoms with Gasteiger partial charge in [-0.2, -0.15) is 0 Å². The first kappa shape index (κ1) is 13.2. The van der Waals surface area contributed by atoms with Crippen LogP contribution in [0.4, 0.5) is 0 Å². The molecule has 2 rings (SSSR count). The standard InChI is InChI=1S/C15H17NO3/c1-3-10-18-13-8-7-12(17-2)11-14(13)19-15-6-4-5-9-16-15/h4-9,11H,3,10H2,1-2H3. The molecule has 0 saturated carbocycles. The largest absolute Gasteiger partial charge is 0.497 e. The van der Waals surface area contributed by atoms with Gasteiger partial charge in [0.05, 0.1) is 13.7 Å². The zero-order valence-electron chi connectivity index (χ0n) is 11.1. The summed E-state index contributed by atoms with van der Waals surface area (Å²) in [7, 11) is 1.62. The van der Waals surface area contributed by atoms with E-state index in [4.69, 9.17) is 14.2 Å². The fourth-order valence-corrected chi connectivity index (χ4v) is 1.55. The van der Waals surface area contributed by atoms with Gasteiger partial charge in [0.2, 0.25) is 5.88 Å². The number of benzene rings is 1. The minimum Gasteiger partial charge on any atom is -0.497 e. The van der Waals surface area contributed by atoms with Crippen molar-refractivity contribution in [1.29, 1.82) is 0 Å². The third-order valence-corrected chi connectivity index (χ3v) is 2.46. The average Bonchev–Trinajstić information content (AvgIpc) is 2.47. The lowest BCUT2D eigenvalue weighted by Crippen LogP contribution is -1.98. The zero-order chi connectivity index (χ0) is 13.5. The van der Waals surface area contributed by atoms with Gasteiger partial charge < -0.3 is 14.2 Å². The van der Waals surface area contributed by atoms with Gasteiger partial charge in [0.1, 0.15) is 5.75 Å². The van der Waals surface area contributed by atoms with Gasteiger partial charge in [0.25, 0.3) is 0 Å². The smallest absolute Gasteiger partial charge is 0.219 e. The quantitative estimate of drug-likeness (QED) is 0.793. The van der Waals surface area contributed by atoms with Crippen molar-refractivity contribution in [2.24, 2.45) is 0 Å². The molecule has 0 spiro atoms. The van der Waals surface area contributed by atoms with Crippen LogP contribution in [0.1, 0.15) is 13.3 Å². The van der Waals surface area contributed by atoms with Crippen molar-refractivity contribution < 1.29 is 14.2 Å². The highest BCUT2D eigenvalue weighted by atomic mass is 16.5. The SMILES string of the molecule is CCCOc1ccc(OC)cc1Oc1ccccn1. The predicted octanol–water partition coefficient (Wildman–Crippen LogP) is 3.67. The summed E-state index contributed by atoms with van der Waals surface area (Å²) >= 11 is 0. The summed E-state index contributed by atoms with van der Waals surface area (Å²) < 4.78 is 16.6. The molecule has 0 aliphatic heterocycles. The van der Waals surface area contributed by atoms with E-state index in [1.807, 2.05) is 24.3 Å². The Bertz CT molecular complexity index is 514. The van der Waals surface area contributed by atoms with Crippen molar-refractivity contribution in [3.05, 3.63) is 42.6 Å². The summed E-state index contributed by atoms with van der Waals surface area (Å²) in [5, 5.41) is 0. The van der Waals surface area contributed by atoms with Gasteiger partial charge in [-0.15, -0.1) is 0 Å². The van der Waals surface area contributed by atoms with E-state index < -0.39 is 0 Å². The van der Waals surface area contributed by atoms with Crippen LogP contribution in [-0.4, -0.2) is 18.7 Å². The summed E-state index contributed by atoms with van der Waals surface area (Å²) in [5.74, 6) is 2.53. The molecule has 0 aliphatic rings. The van der Waals surface area contributed by atoms with Gasteiger partial charge in [0, 0.05) is 18.3 Å².